The number of nitrogens with one attached hydrogen (secondary N) is 2. The molecule has 0 radical (unpaired) electrons. The Morgan fingerprint density at radius 3 is 2.64 bits per heavy atom. The lowest BCUT2D eigenvalue weighted by Crippen LogP contribution is -2.44. The fourth-order valence-electron chi connectivity index (χ4n) is 3.91. The van der Waals surface area contributed by atoms with E-state index in [9.17, 15) is 19.2 Å². The van der Waals surface area contributed by atoms with E-state index in [0.29, 0.717) is 12.3 Å². The molecular weight excluding hydrogens is 518 g/mol. The molecule has 0 unspecified atom stereocenters. The molecule has 1 aromatic carbocycles. The third-order valence-corrected chi connectivity index (χ3v) is 7.00. The Morgan fingerprint density at radius 1 is 1.18 bits per heavy atom. The number of aromatic nitrogens is 2. The van der Waals surface area contributed by atoms with Gasteiger partial charge in [0.2, 0.25) is 11.8 Å². The number of fused-ring (bicyclic) bond motifs is 1. The van der Waals surface area contributed by atoms with Crippen molar-refractivity contribution in [3.05, 3.63) is 69.6 Å². The molecule has 1 atom stereocenters. The first-order chi connectivity index (χ1) is 18.6. The van der Waals surface area contributed by atoms with Gasteiger partial charge in [-0.3, -0.25) is 14.4 Å². The molecule has 0 saturated heterocycles. The quantitative estimate of drug-likeness (QED) is 0.349. The first-order valence-corrected chi connectivity index (χ1v) is 13.5. The second-order valence-electron chi connectivity index (χ2n) is 9.72. The van der Waals surface area contributed by atoms with Gasteiger partial charge in [0.15, 0.2) is 0 Å². The van der Waals surface area contributed by atoms with Gasteiger partial charge in [-0.2, -0.15) is 0 Å². The molecule has 2 N–H and O–H groups in total. The lowest BCUT2D eigenvalue weighted by molar-refractivity contribution is -0.123. The number of benzene rings is 1. The normalized spacial score (nSPS) is 12.1. The number of rotatable bonds is 11. The predicted octanol–water partition coefficient (Wildman–Crippen LogP) is 3.79. The van der Waals surface area contributed by atoms with Gasteiger partial charge in [-0.15, -0.1) is 11.3 Å². The van der Waals surface area contributed by atoms with Gasteiger partial charge in [0.05, 0.1) is 23.9 Å². The van der Waals surface area contributed by atoms with Crippen LogP contribution in [0.1, 0.15) is 37.3 Å². The summed E-state index contributed by atoms with van der Waals surface area (Å²) in [5.41, 5.74) is 1.84. The number of carbonyl (C=O) groups excluding carboxylic acids is 3. The van der Waals surface area contributed by atoms with Crippen LogP contribution < -0.4 is 16.2 Å². The van der Waals surface area contributed by atoms with Crippen LogP contribution in [0.2, 0.25) is 0 Å². The fraction of sp³-hybridized carbons (Fsp3) is 0.393. The number of hydrogen-bond acceptors (Lipinski definition) is 7. The number of alkyl carbamates (subject to hydrolysis) is 1. The van der Waals surface area contributed by atoms with Crippen molar-refractivity contribution >= 4 is 45.1 Å². The maximum absolute atomic E-state index is 13.2. The average Bonchev–Trinajstić information content (AvgIpc) is 3.31. The minimum absolute atomic E-state index is 0.0825. The van der Waals surface area contributed by atoms with Gasteiger partial charge in [-0.05, 0) is 55.0 Å². The van der Waals surface area contributed by atoms with Gasteiger partial charge < -0.3 is 24.8 Å². The Bertz CT molecular complexity index is 1410. The van der Waals surface area contributed by atoms with Crippen LogP contribution >= 0.6 is 11.3 Å². The van der Waals surface area contributed by atoms with Crippen molar-refractivity contribution in [3.8, 4) is 0 Å². The number of likely N-dealkylation sites (N-methyl/N-ethyl adjacent to an activating group) is 1. The summed E-state index contributed by atoms with van der Waals surface area (Å²) >= 11 is 1.57. The first kappa shape index (κ1) is 29.6. The number of hydrogen-bond donors (Lipinski definition) is 2. The number of pyridine rings is 1. The number of ether oxygens (including phenoxy) is 1. The van der Waals surface area contributed by atoms with Crippen molar-refractivity contribution in [2.75, 3.05) is 26.5 Å². The van der Waals surface area contributed by atoms with Crippen molar-refractivity contribution in [2.45, 2.75) is 45.7 Å². The summed E-state index contributed by atoms with van der Waals surface area (Å²) in [6, 6.07) is 8.29. The van der Waals surface area contributed by atoms with Crippen molar-refractivity contribution in [2.24, 2.45) is 5.92 Å². The molecule has 3 rings (SSSR count). The molecule has 0 spiro atoms. The number of amides is 3. The van der Waals surface area contributed by atoms with E-state index in [1.54, 1.807) is 43.8 Å². The molecule has 39 heavy (non-hydrogen) atoms. The van der Waals surface area contributed by atoms with E-state index < -0.39 is 18.0 Å². The molecule has 0 fully saturated rings. The lowest BCUT2D eigenvalue weighted by Gasteiger charge is -2.17. The van der Waals surface area contributed by atoms with Crippen LogP contribution in [0.3, 0.4) is 0 Å². The van der Waals surface area contributed by atoms with E-state index in [0.717, 1.165) is 21.6 Å². The molecule has 0 aliphatic carbocycles. The first-order valence-electron chi connectivity index (χ1n) is 12.7. The minimum Gasteiger partial charge on any atom is -0.453 e. The molecule has 208 valence electrons. The second kappa shape index (κ2) is 13.7. The molecule has 3 amide bonds. The summed E-state index contributed by atoms with van der Waals surface area (Å²) < 4.78 is 7.26. The highest BCUT2D eigenvalue weighted by molar-refractivity contribution is 7.18. The van der Waals surface area contributed by atoms with Crippen LogP contribution in [0.4, 0.5) is 10.5 Å². The number of carbonyl (C=O) groups is 3. The van der Waals surface area contributed by atoms with Crippen molar-refractivity contribution in [1.29, 1.82) is 0 Å². The summed E-state index contributed by atoms with van der Waals surface area (Å²) in [4.78, 5) is 55.9. The van der Waals surface area contributed by atoms with Crippen LogP contribution in [0.15, 0.2) is 53.5 Å². The standard InChI is InChI=1S/C28H35N5O5S/c1-18(2)16-19-10-8-12-20-25(19)39-23(29-20)17-33-15-9-13-22(27(33)36)30-26(35)21(31-28(37)38-5)11-6-7-14-24(34)32(3)4/h7-10,12-15,18,21H,6,11,16-17H2,1-5H3,(H,30,35)(H,31,37)/b14-7+/t21-/m0/s1. The van der Waals surface area contributed by atoms with Crippen molar-refractivity contribution in [3.63, 3.8) is 0 Å². The molecule has 0 aliphatic heterocycles. The molecule has 0 aliphatic rings. The van der Waals surface area contributed by atoms with Gasteiger partial charge in [-0.1, -0.05) is 32.1 Å². The maximum Gasteiger partial charge on any atom is 0.407 e. The largest absolute Gasteiger partial charge is 0.453 e. The second-order valence-corrected chi connectivity index (χ2v) is 10.8. The van der Waals surface area contributed by atoms with Crippen molar-refractivity contribution < 1.29 is 19.1 Å². The smallest absolute Gasteiger partial charge is 0.407 e. The van der Waals surface area contributed by atoms with Crippen LogP contribution in [0, 0.1) is 5.92 Å². The molecule has 3 aromatic rings. The predicted molar refractivity (Wildman–Crippen MR) is 153 cm³/mol. The molecular formula is C28H35N5O5S. The zero-order valence-electron chi connectivity index (χ0n) is 22.9. The third-order valence-electron chi connectivity index (χ3n) is 5.87. The summed E-state index contributed by atoms with van der Waals surface area (Å²) in [5, 5.41) is 5.91. The average molecular weight is 554 g/mol. The van der Waals surface area contributed by atoms with Crippen molar-refractivity contribution in [1.82, 2.24) is 19.8 Å². The number of methoxy groups -OCH3 is 1. The molecule has 10 nitrogen and oxygen atoms in total. The number of allylic oxidation sites excluding steroid dienone is 1. The maximum atomic E-state index is 13.2. The molecule has 2 heterocycles. The van der Waals surface area contributed by atoms with Gasteiger partial charge in [-0.25, -0.2) is 9.78 Å². The summed E-state index contributed by atoms with van der Waals surface area (Å²) in [6.07, 6.45) is 5.39. The highest BCUT2D eigenvalue weighted by atomic mass is 32.1. The number of thiazole rings is 1. The Balaban J connectivity index is 1.75. The van der Waals surface area contributed by atoms with E-state index in [2.05, 4.69) is 35.3 Å². The Kier molecular flexibility index (Phi) is 10.4. The van der Waals surface area contributed by atoms with Crippen LogP contribution in [0.5, 0.6) is 0 Å². The minimum atomic E-state index is -0.978. The van der Waals surface area contributed by atoms with E-state index in [1.165, 1.54) is 34.3 Å². The zero-order chi connectivity index (χ0) is 28.5. The molecule has 0 bridgehead atoms. The van der Waals surface area contributed by atoms with E-state index in [1.807, 2.05) is 12.1 Å². The molecule has 11 heteroatoms. The summed E-state index contributed by atoms with van der Waals surface area (Å²) in [7, 11) is 4.47. The fourth-order valence-corrected chi connectivity index (χ4v) is 4.99. The topological polar surface area (TPSA) is 123 Å². The SMILES string of the molecule is COC(=O)N[C@@H](CC/C=C/C(=O)N(C)C)C(=O)Nc1cccn(Cc2nc3cccc(CC(C)C)c3s2)c1=O. The van der Waals surface area contributed by atoms with Crippen LogP contribution in [-0.4, -0.2) is 59.6 Å². The summed E-state index contributed by atoms with van der Waals surface area (Å²) in [6.45, 7) is 4.61. The van der Waals surface area contributed by atoms with Crippen LogP contribution in [0.25, 0.3) is 10.2 Å². The Morgan fingerprint density at radius 2 is 1.95 bits per heavy atom. The molecule has 0 saturated carbocycles. The van der Waals surface area contributed by atoms with E-state index in [4.69, 9.17) is 4.98 Å². The summed E-state index contributed by atoms with van der Waals surface area (Å²) in [5.74, 6) is -0.245. The monoisotopic (exact) mass is 553 g/mol. The van der Waals surface area contributed by atoms with Gasteiger partial charge in [0.25, 0.3) is 5.56 Å². The Hall–Kier alpha value is -3.99. The number of anilines is 1. The van der Waals surface area contributed by atoms with Gasteiger partial charge in [0, 0.05) is 20.3 Å². The highest BCUT2D eigenvalue weighted by Gasteiger charge is 2.22. The Labute approximate surface area is 231 Å². The van der Waals surface area contributed by atoms with E-state index in [-0.39, 0.29) is 30.1 Å². The van der Waals surface area contributed by atoms with Gasteiger partial charge in [0.1, 0.15) is 16.7 Å². The highest BCUT2D eigenvalue weighted by Crippen LogP contribution is 2.28. The van der Waals surface area contributed by atoms with E-state index >= 15 is 0 Å². The zero-order valence-corrected chi connectivity index (χ0v) is 23.7. The lowest BCUT2D eigenvalue weighted by atomic mass is 10.0. The van der Waals surface area contributed by atoms with Crippen LogP contribution in [-0.2, 0) is 27.3 Å². The molecule has 2 aromatic heterocycles. The third kappa shape index (κ3) is 8.25. The van der Waals surface area contributed by atoms with Gasteiger partial charge >= 0.3 is 6.09 Å². The number of nitrogens with zero attached hydrogens (tertiary/aromatic N) is 3.